The summed E-state index contributed by atoms with van der Waals surface area (Å²) in [5.41, 5.74) is -0.360. The van der Waals surface area contributed by atoms with Crippen LogP contribution in [0.4, 0.5) is 0 Å². The zero-order valence-electron chi connectivity index (χ0n) is 9.57. The Kier molecular flexibility index (Phi) is 2.96. The van der Waals surface area contributed by atoms with Crippen molar-refractivity contribution in [2.45, 2.75) is 25.0 Å². The number of hydrogen-bond donors (Lipinski definition) is 0. The molecule has 0 aromatic rings. The standard InChI is InChI=1S/C11H19N3O/c1-10-11(9-12,3-8-15-10)14-6-4-13(2)5-7-14/h10H,3-8H2,1-2H3. The lowest BCUT2D eigenvalue weighted by atomic mass is 9.91. The Hall–Kier alpha value is -0.630. The van der Waals surface area contributed by atoms with Gasteiger partial charge in [0.2, 0.25) is 0 Å². The summed E-state index contributed by atoms with van der Waals surface area (Å²) in [5, 5.41) is 9.42. The summed E-state index contributed by atoms with van der Waals surface area (Å²) < 4.78 is 5.56. The first-order valence-corrected chi connectivity index (χ1v) is 5.65. The minimum absolute atomic E-state index is 0.0471. The van der Waals surface area contributed by atoms with Crippen molar-refractivity contribution < 1.29 is 4.74 Å². The van der Waals surface area contributed by atoms with Crippen molar-refractivity contribution in [3.63, 3.8) is 0 Å². The molecule has 2 unspecified atom stereocenters. The van der Waals surface area contributed by atoms with Crippen molar-refractivity contribution in [1.29, 1.82) is 5.26 Å². The average Bonchev–Trinajstić information content (AvgIpc) is 2.62. The Morgan fingerprint density at radius 1 is 1.33 bits per heavy atom. The maximum Gasteiger partial charge on any atom is 0.137 e. The zero-order chi connectivity index (χ0) is 10.9. The predicted octanol–water partition coefficient (Wildman–Crippen LogP) is 0.305. The molecule has 0 aromatic carbocycles. The number of rotatable bonds is 1. The molecule has 15 heavy (non-hydrogen) atoms. The van der Waals surface area contributed by atoms with E-state index in [1.54, 1.807) is 0 Å². The van der Waals surface area contributed by atoms with Crippen LogP contribution in [0.25, 0.3) is 0 Å². The summed E-state index contributed by atoms with van der Waals surface area (Å²) in [6.45, 7) is 6.82. The van der Waals surface area contributed by atoms with E-state index in [9.17, 15) is 5.26 Å². The number of ether oxygens (including phenoxy) is 1. The molecule has 2 aliphatic rings. The van der Waals surface area contributed by atoms with E-state index in [-0.39, 0.29) is 11.6 Å². The van der Waals surface area contributed by atoms with Crippen LogP contribution in [0.3, 0.4) is 0 Å². The van der Waals surface area contributed by atoms with Gasteiger partial charge in [0.25, 0.3) is 0 Å². The van der Waals surface area contributed by atoms with E-state index in [2.05, 4.69) is 22.9 Å². The van der Waals surface area contributed by atoms with Gasteiger partial charge in [-0.05, 0) is 14.0 Å². The Morgan fingerprint density at radius 2 is 2.00 bits per heavy atom. The van der Waals surface area contributed by atoms with Gasteiger partial charge in [-0.3, -0.25) is 4.90 Å². The molecule has 0 amide bonds. The maximum absolute atomic E-state index is 9.42. The maximum atomic E-state index is 9.42. The molecule has 2 saturated heterocycles. The van der Waals surface area contributed by atoms with E-state index in [1.807, 2.05) is 6.92 Å². The number of hydrogen-bond acceptors (Lipinski definition) is 4. The van der Waals surface area contributed by atoms with Crippen molar-refractivity contribution in [2.75, 3.05) is 39.8 Å². The minimum atomic E-state index is -0.360. The first-order chi connectivity index (χ1) is 7.19. The highest BCUT2D eigenvalue weighted by Crippen LogP contribution is 2.32. The lowest BCUT2D eigenvalue weighted by molar-refractivity contribution is 0.0175. The van der Waals surface area contributed by atoms with Gasteiger partial charge < -0.3 is 9.64 Å². The molecule has 0 spiro atoms. The smallest absolute Gasteiger partial charge is 0.137 e. The first kappa shape index (κ1) is 10.9. The van der Waals surface area contributed by atoms with E-state index in [1.165, 1.54) is 0 Å². The molecule has 4 heteroatoms. The summed E-state index contributed by atoms with van der Waals surface area (Å²) >= 11 is 0. The fraction of sp³-hybridized carbons (Fsp3) is 0.909. The highest BCUT2D eigenvalue weighted by molar-refractivity contribution is 5.15. The third-order valence-electron chi connectivity index (χ3n) is 3.78. The van der Waals surface area contributed by atoms with Crippen molar-refractivity contribution in [1.82, 2.24) is 9.80 Å². The third-order valence-corrected chi connectivity index (χ3v) is 3.78. The Bertz CT molecular complexity index is 267. The molecule has 2 atom stereocenters. The molecule has 84 valence electrons. The van der Waals surface area contributed by atoms with Crippen LogP contribution in [-0.2, 0) is 4.74 Å². The monoisotopic (exact) mass is 209 g/mol. The van der Waals surface area contributed by atoms with Gasteiger partial charge in [0, 0.05) is 39.2 Å². The van der Waals surface area contributed by atoms with Crippen molar-refractivity contribution in [3.8, 4) is 6.07 Å². The van der Waals surface area contributed by atoms with E-state index in [0.717, 1.165) is 39.2 Å². The molecule has 2 aliphatic heterocycles. The lowest BCUT2D eigenvalue weighted by Crippen LogP contribution is -2.58. The van der Waals surface area contributed by atoms with Gasteiger partial charge >= 0.3 is 0 Å². The van der Waals surface area contributed by atoms with Crippen LogP contribution in [0.2, 0.25) is 0 Å². The SMILES string of the molecule is CC1OCCC1(C#N)N1CCN(C)CC1. The second kappa shape index (κ2) is 4.09. The van der Waals surface area contributed by atoms with Gasteiger partial charge in [-0.1, -0.05) is 0 Å². The summed E-state index contributed by atoms with van der Waals surface area (Å²) in [4.78, 5) is 4.62. The molecule has 0 aromatic heterocycles. The van der Waals surface area contributed by atoms with Crippen LogP contribution in [-0.4, -0.2) is 61.3 Å². The summed E-state index contributed by atoms with van der Waals surface area (Å²) in [5.74, 6) is 0. The van der Waals surface area contributed by atoms with Gasteiger partial charge in [-0.15, -0.1) is 0 Å². The number of nitriles is 1. The molecule has 0 radical (unpaired) electrons. The molecular formula is C11H19N3O. The van der Waals surface area contributed by atoms with Gasteiger partial charge in [0.05, 0.1) is 12.2 Å². The Morgan fingerprint density at radius 3 is 2.47 bits per heavy atom. The van der Waals surface area contributed by atoms with Crippen molar-refractivity contribution in [2.24, 2.45) is 0 Å². The summed E-state index contributed by atoms with van der Waals surface area (Å²) in [6.07, 6.45) is 0.903. The molecular weight excluding hydrogens is 190 g/mol. The fourth-order valence-electron chi connectivity index (χ4n) is 2.57. The molecule has 0 aliphatic carbocycles. The van der Waals surface area contributed by atoms with Gasteiger partial charge in [0.1, 0.15) is 5.54 Å². The fourth-order valence-corrected chi connectivity index (χ4v) is 2.57. The first-order valence-electron chi connectivity index (χ1n) is 5.65. The topological polar surface area (TPSA) is 39.5 Å². The Labute approximate surface area is 91.4 Å². The Balaban J connectivity index is 2.10. The minimum Gasteiger partial charge on any atom is -0.375 e. The normalized spacial score (nSPS) is 39.1. The van der Waals surface area contributed by atoms with Crippen LogP contribution >= 0.6 is 0 Å². The molecule has 2 heterocycles. The zero-order valence-corrected chi connectivity index (χ0v) is 9.57. The largest absolute Gasteiger partial charge is 0.375 e. The lowest BCUT2D eigenvalue weighted by Gasteiger charge is -2.42. The number of likely N-dealkylation sites (N-methyl/N-ethyl adjacent to an activating group) is 1. The van der Waals surface area contributed by atoms with E-state index >= 15 is 0 Å². The van der Waals surface area contributed by atoms with Crippen molar-refractivity contribution in [3.05, 3.63) is 0 Å². The second-order valence-electron chi connectivity index (χ2n) is 4.59. The summed E-state index contributed by atoms with van der Waals surface area (Å²) in [7, 11) is 2.13. The van der Waals surface area contributed by atoms with Crippen LogP contribution in [0, 0.1) is 11.3 Å². The van der Waals surface area contributed by atoms with Crippen LogP contribution in [0.1, 0.15) is 13.3 Å². The molecule has 2 rings (SSSR count). The van der Waals surface area contributed by atoms with E-state index < -0.39 is 0 Å². The average molecular weight is 209 g/mol. The molecule has 0 saturated carbocycles. The van der Waals surface area contributed by atoms with E-state index in [0.29, 0.717) is 0 Å². The predicted molar refractivity (Wildman–Crippen MR) is 57.4 cm³/mol. The highest BCUT2D eigenvalue weighted by Gasteiger charge is 2.47. The number of nitrogens with zero attached hydrogens (tertiary/aromatic N) is 3. The number of piperazine rings is 1. The highest BCUT2D eigenvalue weighted by atomic mass is 16.5. The molecule has 4 nitrogen and oxygen atoms in total. The molecule has 2 fully saturated rings. The summed E-state index contributed by atoms with van der Waals surface area (Å²) in [6, 6.07) is 2.49. The quantitative estimate of drug-likeness (QED) is 0.623. The molecule has 0 bridgehead atoms. The molecule has 0 N–H and O–H groups in total. The van der Waals surface area contributed by atoms with Crippen LogP contribution in [0.5, 0.6) is 0 Å². The third kappa shape index (κ3) is 1.76. The van der Waals surface area contributed by atoms with E-state index in [4.69, 9.17) is 4.74 Å². The van der Waals surface area contributed by atoms with Gasteiger partial charge in [-0.2, -0.15) is 5.26 Å². The van der Waals surface area contributed by atoms with Crippen LogP contribution in [0.15, 0.2) is 0 Å². The van der Waals surface area contributed by atoms with Gasteiger partial charge in [-0.25, -0.2) is 0 Å². The van der Waals surface area contributed by atoms with Gasteiger partial charge in [0.15, 0.2) is 0 Å². The second-order valence-corrected chi connectivity index (χ2v) is 4.59. The van der Waals surface area contributed by atoms with Crippen molar-refractivity contribution >= 4 is 0 Å². The van der Waals surface area contributed by atoms with Crippen LogP contribution < -0.4 is 0 Å².